The van der Waals surface area contributed by atoms with Crippen molar-refractivity contribution < 1.29 is 69.8 Å². The molecule has 2 atom stereocenters. The molecule has 0 spiro atoms. The number of aromatic carboxylic acids is 1. The first-order valence-corrected chi connectivity index (χ1v) is 16.1. The molecule has 4 heterocycles. The molecule has 3 aromatic rings. The molecule has 2 amide bonds. The summed E-state index contributed by atoms with van der Waals surface area (Å²) < 4.78 is 1.86. The SMILES string of the molecule is CCO/N=C(\C(=O)N[C@@H]1C(=O)N2C(C(=O)O)=C(CSc3cc[n+](Cc4ccccc4C(=O)O)cc3)CS[C@H]12)c1csc(N)n1.[H-].[Na+]. The molecule has 0 bridgehead atoms. The van der Waals surface area contributed by atoms with Crippen LogP contribution in [0.3, 0.4) is 0 Å². The average Bonchev–Trinajstić information content (AvgIpc) is 3.44. The van der Waals surface area contributed by atoms with Crippen molar-refractivity contribution in [1.82, 2.24) is 15.2 Å². The van der Waals surface area contributed by atoms with Crippen molar-refractivity contribution in [3.8, 4) is 0 Å². The maximum atomic E-state index is 13.1. The number of benzene rings is 1. The summed E-state index contributed by atoms with van der Waals surface area (Å²) in [5.41, 5.74) is 7.20. The summed E-state index contributed by atoms with van der Waals surface area (Å²) in [4.78, 5) is 61.2. The fourth-order valence-electron chi connectivity index (χ4n) is 4.61. The van der Waals surface area contributed by atoms with Gasteiger partial charge in [-0.05, 0) is 18.6 Å². The summed E-state index contributed by atoms with van der Waals surface area (Å²) in [6.45, 7) is 2.29. The molecule has 5 N–H and O–H groups in total. The molecule has 2 aliphatic heterocycles. The van der Waals surface area contributed by atoms with Crippen molar-refractivity contribution in [1.29, 1.82) is 0 Å². The number of thioether (sulfide) groups is 2. The normalized spacial score (nSPS) is 17.6. The van der Waals surface area contributed by atoms with Crippen LogP contribution in [0.25, 0.3) is 0 Å². The van der Waals surface area contributed by atoms with E-state index in [-0.39, 0.29) is 65.4 Å². The van der Waals surface area contributed by atoms with Crippen molar-refractivity contribution in [2.75, 3.05) is 23.8 Å². The van der Waals surface area contributed by atoms with E-state index in [0.717, 1.165) is 16.2 Å². The number of hydrogen-bond acceptors (Lipinski definition) is 11. The fourth-order valence-corrected chi connectivity index (χ4v) is 7.53. The van der Waals surface area contributed by atoms with Gasteiger partial charge in [0.05, 0.1) is 5.56 Å². The van der Waals surface area contributed by atoms with Crippen LogP contribution in [0.2, 0.25) is 0 Å². The van der Waals surface area contributed by atoms with Gasteiger partial charge in [-0.25, -0.2) is 19.1 Å². The average molecular weight is 680 g/mol. The maximum Gasteiger partial charge on any atom is 1.00 e. The molecule has 2 aliphatic rings. The Labute approximate surface area is 293 Å². The summed E-state index contributed by atoms with van der Waals surface area (Å²) >= 11 is 3.92. The second-order valence-corrected chi connectivity index (χ2v) is 12.5. The number of anilines is 1. The molecule has 5 rings (SSSR count). The first kappa shape index (κ1) is 34.5. The Hall–Kier alpha value is -3.41. The fraction of sp³-hybridized carbons (Fsp3) is 0.250. The summed E-state index contributed by atoms with van der Waals surface area (Å²) in [5.74, 6) is -2.73. The zero-order chi connectivity index (χ0) is 31.4. The number of nitrogens with one attached hydrogen (secondary N) is 1. The van der Waals surface area contributed by atoms with Gasteiger partial charge in [0.1, 0.15) is 29.4 Å². The van der Waals surface area contributed by atoms with E-state index < -0.39 is 35.2 Å². The predicted molar refractivity (Wildman–Crippen MR) is 165 cm³/mol. The molecule has 0 aliphatic carbocycles. The van der Waals surface area contributed by atoms with Gasteiger partial charge in [0.25, 0.3) is 11.8 Å². The van der Waals surface area contributed by atoms with Gasteiger partial charge in [0.15, 0.2) is 29.8 Å². The Morgan fingerprint density at radius 3 is 2.60 bits per heavy atom. The number of β-lactam (4-membered cyclic amide) rings is 1. The number of fused-ring (bicyclic) bond motifs is 1. The van der Waals surface area contributed by atoms with Crippen LogP contribution < -0.4 is 45.2 Å². The van der Waals surface area contributed by atoms with E-state index in [0.29, 0.717) is 29.2 Å². The number of oxime groups is 1. The Kier molecular flexibility index (Phi) is 11.7. The number of rotatable bonds is 12. The van der Waals surface area contributed by atoms with Crippen molar-refractivity contribution in [2.24, 2.45) is 5.16 Å². The van der Waals surface area contributed by atoms with Crippen LogP contribution >= 0.6 is 34.9 Å². The minimum Gasteiger partial charge on any atom is -1.00 e. The van der Waals surface area contributed by atoms with Crippen molar-refractivity contribution in [3.63, 3.8) is 0 Å². The van der Waals surface area contributed by atoms with E-state index in [2.05, 4.69) is 15.5 Å². The van der Waals surface area contributed by atoms with Gasteiger partial charge in [-0.15, -0.1) is 34.9 Å². The molecule has 1 aromatic carbocycles. The van der Waals surface area contributed by atoms with E-state index in [1.165, 1.54) is 28.4 Å². The second kappa shape index (κ2) is 15.2. The standard InChI is InChI=1S/C28H26N6O7S3.Na.H/c1-2-41-32-20(19-14-44-28(29)30-19)23(35)31-21-24(36)34-22(27(39)40)16(13-43-25(21)34)12-42-17-7-9-33(10-8-17)11-15-5-3-4-6-18(15)26(37)38;;/h3-10,14,21,25H,2,11-13H2,1H3,(H4-,29,30,31,35,37,38,39,40);;/q;+1;-1/p+1/b32-20-;;/t21-,25-;;/m1../s1. The van der Waals surface area contributed by atoms with E-state index in [1.54, 1.807) is 36.6 Å². The van der Waals surface area contributed by atoms with Gasteiger partial charge in [-0.1, -0.05) is 23.4 Å². The predicted octanol–water partition coefficient (Wildman–Crippen LogP) is -0.853. The number of thiazole rings is 1. The number of aliphatic carboxylic acids is 1. The molecule has 45 heavy (non-hydrogen) atoms. The zero-order valence-electron chi connectivity index (χ0n) is 25.2. The number of carboxylic acid groups (broad SMARTS) is 2. The van der Waals surface area contributed by atoms with Crippen molar-refractivity contribution in [2.45, 2.75) is 29.8 Å². The molecule has 1 saturated heterocycles. The van der Waals surface area contributed by atoms with Crippen LogP contribution in [0.4, 0.5) is 5.13 Å². The Morgan fingerprint density at radius 2 is 1.96 bits per heavy atom. The third kappa shape index (κ3) is 7.70. The van der Waals surface area contributed by atoms with Crippen LogP contribution in [0.1, 0.15) is 30.0 Å². The third-order valence-electron chi connectivity index (χ3n) is 6.68. The molecule has 13 nitrogen and oxygen atoms in total. The number of carbonyl (C=O) groups is 4. The molecule has 17 heteroatoms. The molecule has 0 unspecified atom stereocenters. The van der Waals surface area contributed by atoms with Crippen LogP contribution in [0, 0.1) is 0 Å². The van der Waals surface area contributed by atoms with E-state index in [1.807, 2.05) is 29.1 Å². The van der Waals surface area contributed by atoms with Gasteiger partial charge < -0.3 is 27.5 Å². The van der Waals surface area contributed by atoms with Gasteiger partial charge in [0.2, 0.25) is 0 Å². The molecular weight excluding hydrogens is 652 g/mol. The number of aromatic nitrogens is 2. The number of nitrogen functional groups attached to an aromatic ring is 1. The van der Waals surface area contributed by atoms with Crippen molar-refractivity contribution >= 4 is 69.5 Å². The first-order chi connectivity index (χ1) is 21.2. The topological polar surface area (TPSA) is 188 Å². The van der Waals surface area contributed by atoms with Crippen LogP contribution in [-0.2, 0) is 25.8 Å². The van der Waals surface area contributed by atoms with Gasteiger partial charge >= 0.3 is 41.5 Å². The quantitative estimate of drug-likeness (QED) is 0.0466. The number of nitrogens with zero attached hydrogens (tertiary/aromatic N) is 4. The largest absolute Gasteiger partial charge is 1.00 e. The van der Waals surface area contributed by atoms with Crippen molar-refractivity contribution in [3.05, 3.63) is 82.3 Å². The number of carbonyl (C=O) groups excluding carboxylic acids is 2. The molecule has 0 saturated carbocycles. The summed E-state index contributed by atoms with van der Waals surface area (Å²) in [6, 6.07) is 9.59. The van der Waals surface area contributed by atoms with Crippen LogP contribution in [0.15, 0.2) is 75.5 Å². The molecule has 230 valence electrons. The van der Waals surface area contributed by atoms with Gasteiger partial charge in [-0.3, -0.25) is 14.5 Å². The minimum atomic E-state index is -1.22. The number of carboxylic acids is 2. The van der Waals surface area contributed by atoms with Crippen LogP contribution in [0.5, 0.6) is 0 Å². The second-order valence-electron chi connectivity index (χ2n) is 9.50. The molecule has 0 radical (unpaired) electrons. The summed E-state index contributed by atoms with van der Waals surface area (Å²) in [5, 5.41) is 27.2. The monoisotopic (exact) mass is 679 g/mol. The molecular formula is C28H28N6NaO7S3+. The number of hydrogen-bond donors (Lipinski definition) is 4. The Bertz CT molecular complexity index is 1690. The van der Waals surface area contributed by atoms with Gasteiger partial charge in [0, 0.05) is 39.5 Å². The minimum absolute atomic E-state index is 0. The van der Waals surface area contributed by atoms with Gasteiger partial charge in [-0.2, -0.15) is 0 Å². The smallest absolute Gasteiger partial charge is 1.00 e. The molecule has 1 fully saturated rings. The first-order valence-electron chi connectivity index (χ1n) is 13.2. The number of nitrogens with two attached hydrogens (primary N) is 1. The number of pyridine rings is 1. The van der Waals surface area contributed by atoms with E-state index >= 15 is 0 Å². The number of amides is 2. The zero-order valence-corrected chi connectivity index (χ0v) is 28.7. The summed E-state index contributed by atoms with van der Waals surface area (Å²) in [6.07, 6.45) is 3.66. The Balaban J connectivity index is 0.00000288. The maximum absolute atomic E-state index is 13.1. The Morgan fingerprint density at radius 1 is 1.22 bits per heavy atom. The van der Waals surface area contributed by atoms with E-state index in [4.69, 9.17) is 10.6 Å². The molecule has 2 aromatic heterocycles. The van der Waals surface area contributed by atoms with Crippen LogP contribution in [-0.4, -0.2) is 79.1 Å². The summed E-state index contributed by atoms with van der Waals surface area (Å²) in [7, 11) is 0. The van der Waals surface area contributed by atoms with E-state index in [9.17, 15) is 29.4 Å². The third-order valence-corrected chi connectivity index (χ3v) is 9.79.